The van der Waals surface area contributed by atoms with Crippen LogP contribution in [0.3, 0.4) is 0 Å². The van der Waals surface area contributed by atoms with Gasteiger partial charge in [0, 0.05) is 30.7 Å². The summed E-state index contributed by atoms with van der Waals surface area (Å²) < 4.78 is 6.44. The van der Waals surface area contributed by atoms with Gasteiger partial charge in [0.2, 0.25) is 5.91 Å². The van der Waals surface area contributed by atoms with Crippen LogP contribution in [0.5, 0.6) is 0 Å². The van der Waals surface area contributed by atoms with Crippen molar-refractivity contribution in [3.8, 4) is 0 Å². The van der Waals surface area contributed by atoms with Crippen molar-refractivity contribution in [3.63, 3.8) is 0 Å². The fourth-order valence-corrected chi connectivity index (χ4v) is 3.48. The molecule has 1 aromatic rings. The van der Waals surface area contributed by atoms with Crippen LogP contribution in [0.15, 0.2) is 34.8 Å². The van der Waals surface area contributed by atoms with Crippen molar-refractivity contribution in [3.05, 3.63) is 40.4 Å². The van der Waals surface area contributed by atoms with Gasteiger partial charge in [-0.3, -0.25) is 9.69 Å². The number of rotatable bonds is 4. The molecule has 0 bridgehead atoms. The third-order valence-electron chi connectivity index (χ3n) is 4.79. The molecule has 1 aromatic carbocycles. The fraction of sp³-hybridized carbons (Fsp3) is 0.526. The van der Waals surface area contributed by atoms with E-state index in [0.29, 0.717) is 12.5 Å². The van der Waals surface area contributed by atoms with Gasteiger partial charge in [0.1, 0.15) is 0 Å². The van der Waals surface area contributed by atoms with E-state index in [0.717, 1.165) is 56.7 Å². The Hall–Kier alpha value is -1.17. The molecular formula is C19H25BrN2O2. The highest BCUT2D eigenvalue weighted by molar-refractivity contribution is 9.10. The summed E-state index contributed by atoms with van der Waals surface area (Å²) in [6.45, 7) is 5.53. The van der Waals surface area contributed by atoms with Gasteiger partial charge in [0.05, 0.1) is 19.8 Å². The second-order valence-corrected chi connectivity index (χ2v) is 7.43. The maximum absolute atomic E-state index is 12.4. The Kier molecular flexibility index (Phi) is 6.46. The van der Waals surface area contributed by atoms with Crippen LogP contribution in [0.1, 0.15) is 18.4 Å². The van der Waals surface area contributed by atoms with E-state index in [9.17, 15) is 4.79 Å². The first-order chi connectivity index (χ1) is 11.7. The van der Waals surface area contributed by atoms with Crippen LogP contribution in [0, 0.1) is 5.92 Å². The molecule has 2 aliphatic rings. The number of morpholine rings is 1. The standard InChI is InChI=1S/C19H25BrN2O2/c20-18-5-3-16(4-6-18)1-2-17-7-9-22(10-8-17)19(23)15-21-11-13-24-14-12-21/h1-6,17H,7-15H2/b2-1+. The Morgan fingerprint density at radius 1 is 1.12 bits per heavy atom. The molecule has 0 atom stereocenters. The first-order valence-corrected chi connectivity index (χ1v) is 9.51. The number of amides is 1. The zero-order valence-corrected chi connectivity index (χ0v) is 15.6. The topological polar surface area (TPSA) is 32.8 Å². The Bertz CT molecular complexity index is 559. The molecule has 2 fully saturated rings. The van der Waals surface area contributed by atoms with Crippen molar-refractivity contribution < 1.29 is 9.53 Å². The normalized spacial score (nSPS) is 20.6. The first-order valence-electron chi connectivity index (χ1n) is 8.72. The lowest BCUT2D eigenvalue weighted by Crippen LogP contribution is -2.46. The summed E-state index contributed by atoms with van der Waals surface area (Å²) in [6, 6.07) is 8.35. The molecule has 0 saturated carbocycles. The SMILES string of the molecule is O=C(CN1CCOCC1)N1CCC(/C=C/c2ccc(Br)cc2)CC1. The Balaban J connectivity index is 1.43. The Morgan fingerprint density at radius 2 is 1.79 bits per heavy atom. The molecule has 5 heteroatoms. The second-order valence-electron chi connectivity index (χ2n) is 6.52. The van der Waals surface area contributed by atoms with E-state index in [1.165, 1.54) is 5.56 Å². The van der Waals surface area contributed by atoms with Crippen LogP contribution in [0.4, 0.5) is 0 Å². The van der Waals surface area contributed by atoms with Gasteiger partial charge in [-0.15, -0.1) is 0 Å². The van der Waals surface area contributed by atoms with Crippen LogP contribution in [0.25, 0.3) is 6.08 Å². The average Bonchev–Trinajstić information content (AvgIpc) is 2.62. The predicted molar refractivity (Wildman–Crippen MR) is 99.7 cm³/mol. The zero-order chi connectivity index (χ0) is 16.8. The van der Waals surface area contributed by atoms with Gasteiger partial charge in [-0.25, -0.2) is 0 Å². The molecule has 4 nitrogen and oxygen atoms in total. The lowest BCUT2D eigenvalue weighted by Gasteiger charge is -2.33. The third-order valence-corrected chi connectivity index (χ3v) is 5.31. The van der Waals surface area contributed by atoms with Crippen molar-refractivity contribution in [1.29, 1.82) is 0 Å². The number of halogens is 1. The molecular weight excluding hydrogens is 368 g/mol. The minimum Gasteiger partial charge on any atom is -0.379 e. The van der Waals surface area contributed by atoms with E-state index in [1.807, 2.05) is 4.90 Å². The molecule has 130 valence electrons. The van der Waals surface area contributed by atoms with Gasteiger partial charge >= 0.3 is 0 Å². The number of piperidine rings is 1. The summed E-state index contributed by atoms with van der Waals surface area (Å²) in [5.41, 5.74) is 1.23. The number of carbonyl (C=O) groups excluding carboxylic acids is 1. The second kappa shape index (κ2) is 8.79. The average molecular weight is 393 g/mol. The predicted octanol–water partition coefficient (Wildman–Crippen LogP) is 3.03. The number of allylic oxidation sites excluding steroid dienone is 1. The highest BCUT2D eigenvalue weighted by Crippen LogP contribution is 2.20. The van der Waals surface area contributed by atoms with Gasteiger partial charge in [0.25, 0.3) is 0 Å². The van der Waals surface area contributed by atoms with Crippen LogP contribution in [0.2, 0.25) is 0 Å². The first kappa shape index (κ1) is 17.6. The number of ether oxygens (including phenoxy) is 1. The number of carbonyl (C=O) groups is 1. The molecule has 0 aromatic heterocycles. The fourth-order valence-electron chi connectivity index (χ4n) is 3.21. The third kappa shape index (κ3) is 5.16. The smallest absolute Gasteiger partial charge is 0.236 e. The minimum atomic E-state index is 0.271. The van der Waals surface area contributed by atoms with Gasteiger partial charge in [-0.05, 0) is 36.5 Å². The molecule has 2 heterocycles. The summed E-state index contributed by atoms with van der Waals surface area (Å²) in [7, 11) is 0. The van der Waals surface area contributed by atoms with Crippen molar-refractivity contribution in [1.82, 2.24) is 9.80 Å². The summed E-state index contributed by atoms with van der Waals surface area (Å²) in [6.07, 6.45) is 6.61. The minimum absolute atomic E-state index is 0.271. The monoisotopic (exact) mass is 392 g/mol. The van der Waals surface area contributed by atoms with Gasteiger partial charge in [0.15, 0.2) is 0 Å². The maximum Gasteiger partial charge on any atom is 0.236 e. The number of hydrogen-bond acceptors (Lipinski definition) is 3. The molecule has 0 N–H and O–H groups in total. The summed E-state index contributed by atoms with van der Waals surface area (Å²) in [5, 5.41) is 0. The van der Waals surface area contributed by atoms with E-state index >= 15 is 0 Å². The van der Waals surface area contributed by atoms with E-state index in [1.54, 1.807) is 0 Å². The van der Waals surface area contributed by atoms with E-state index in [-0.39, 0.29) is 5.91 Å². The van der Waals surface area contributed by atoms with Crippen LogP contribution < -0.4 is 0 Å². The van der Waals surface area contributed by atoms with E-state index < -0.39 is 0 Å². The Labute approximate surface area is 152 Å². The largest absolute Gasteiger partial charge is 0.379 e. The van der Waals surface area contributed by atoms with Crippen molar-refractivity contribution in [2.45, 2.75) is 12.8 Å². The number of likely N-dealkylation sites (tertiary alicyclic amines) is 1. The number of benzene rings is 1. The van der Waals surface area contributed by atoms with Crippen LogP contribution >= 0.6 is 15.9 Å². The molecule has 0 unspecified atom stereocenters. The number of nitrogens with zero attached hydrogens (tertiary/aromatic N) is 2. The van der Waals surface area contributed by atoms with Gasteiger partial charge in [-0.1, -0.05) is 40.2 Å². The van der Waals surface area contributed by atoms with Gasteiger partial charge < -0.3 is 9.64 Å². The molecule has 1 amide bonds. The van der Waals surface area contributed by atoms with Crippen LogP contribution in [-0.2, 0) is 9.53 Å². The zero-order valence-electron chi connectivity index (χ0n) is 14.0. The summed E-state index contributed by atoms with van der Waals surface area (Å²) >= 11 is 3.46. The van der Waals surface area contributed by atoms with Crippen molar-refractivity contribution >= 4 is 27.9 Å². The van der Waals surface area contributed by atoms with E-state index in [4.69, 9.17) is 4.74 Å². The molecule has 0 radical (unpaired) electrons. The highest BCUT2D eigenvalue weighted by Gasteiger charge is 2.23. The van der Waals surface area contributed by atoms with Crippen LogP contribution in [-0.4, -0.2) is 61.6 Å². The molecule has 3 rings (SSSR count). The highest BCUT2D eigenvalue weighted by atomic mass is 79.9. The molecule has 2 aliphatic heterocycles. The molecule has 24 heavy (non-hydrogen) atoms. The Morgan fingerprint density at radius 3 is 2.46 bits per heavy atom. The van der Waals surface area contributed by atoms with Gasteiger partial charge in [-0.2, -0.15) is 0 Å². The summed E-state index contributed by atoms with van der Waals surface area (Å²) in [4.78, 5) is 16.6. The maximum atomic E-state index is 12.4. The molecule has 0 spiro atoms. The molecule has 2 saturated heterocycles. The summed E-state index contributed by atoms with van der Waals surface area (Å²) in [5.74, 6) is 0.841. The van der Waals surface area contributed by atoms with E-state index in [2.05, 4.69) is 57.2 Å². The number of hydrogen-bond donors (Lipinski definition) is 0. The quantitative estimate of drug-likeness (QED) is 0.789. The van der Waals surface area contributed by atoms with Crippen molar-refractivity contribution in [2.24, 2.45) is 5.92 Å². The lowest BCUT2D eigenvalue weighted by molar-refractivity contribution is -0.134. The van der Waals surface area contributed by atoms with Crippen molar-refractivity contribution in [2.75, 3.05) is 45.9 Å². The molecule has 0 aliphatic carbocycles. The lowest BCUT2D eigenvalue weighted by atomic mass is 9.95.